The first kappa shape index (κ1) is 11.4. The maximum atomic E-state index is 13.4. The summed E-state index contributed by atoms with van der Waals surface area (Å²) in [5, 5.41) is 3.36. The average Bonchev–Trinajstić information content (AvgIpc) is 2.22. The molecule has 0 amide bonds. The van der Waals surface area contributed by atoms with Gasteiger partial charge in [0.2, 0.25) is 0 Å². The Morgan fingerprint density at radius 3 is 2.81 bits per heavy atom. The van der Waals surface area contributed by atoms with Crippen LogP contribution in [0.25, 0.3) is 0 Å². The lowest BCUT2D eigenvalue weighted by atomic mass is 9.85. The highest BCUT2D eigenvalue weighted by Crippen LogP contribution is 2.25. The van der Waals surface area contributed by atoms with Gasteiger partial charge in [-0.1, -0.05) is 12.5 Å². The van der Waals surface area contributed by atoms with Gasteiger partial charge in [-0.3, -0.25) is 0 Å². The lowest BCUT2D eigenvalue weighted by molar-refractivity contribution is 0.301. The summed E-state index contributed by atoms with van der Waals surface area (Å²) in [5.74, 6) is 0.858. The van der Waals surface area contributed by atoms with Gasteiger partial charge >= 0.3 is 0 Å². The zero-order chi connectivity index (χ0) is 11.4. The van der Waals surface area contributed by atoms with Gasteiger partial charge in [-0.15, -0.1) is 0 Å². The van der Waals surface area contributed by atoms with E-state index in [1.165, 1.54) is 32.4 Å². The number of ether oxygens (including phenoxy) is 1. The summed E-state index contributed by atoms with van der Waals surface area (Å²) in [6, 6.07) is 5.11. The van der Waals surface area contributed by atoms with Crippen LogP contribution >= 0.6 is 0 Å². The molecule has 2 rings (SSSR count). The summed E-state index contributed by atoms with van der Waals surface area (Å²) in [6.07, 6.45) is 4.04. The first-order valence-electron chi connectivity index (χ1n) is 5.82. The van der Waals surface area contributed by atoms with Gasteiger partial charge in [0.05, 0.1) is 7.11 Å². The number of hydrogen-bond acceptors (Lipinski definition) is 2. The van der Waals surface area contributed by atoms with Gasteiger partial charge in [-0.05, 0) is 43.0 Å². The van der Waals surface area contributed by atoms with Crippen LogP contribution in [0.5, 0.6) is 5.75 Å². The third-order valence-corrected chi connectivity index (χ3v) is 3.20. The normalized spacial score (nSPS) is 15.9. The van der Waals surface area contributed by atoms with Crippen molar-refractivity contribution in [2.75, 3.05) is 13.7 Å². The molecule has 3 heteroatoms. The molecule has 1 aliphatic rings. The van der Waals surface area contributed by atoms with Crippen LogP contribution in [0.15, 0.2) is 18.2 Å². The zero-order valence-electron chi connectivity index (χ0n) is 9.63. The fourth-order valence-corrected chi connectivity index (χ4v) is 1.94. The van der Waals surface area contributed by atoms with Crippen molar-refractivity contribution < 1.29 is 9.13 Å². The van der Waals surface area contributed by atoms with Gasteiger partial charge < -0.3 is 10.1 Å². The number of rotatable bonds is 5. The molecular formula is C13H18FNO. The van der Waals surface area contributed by atoms with E-state index in [1.807, 2.05) is 6.07 Å². The Labute approximate surface area is 95.8 Å². The molecular weight excluding hydrogens is 205 g/mol. The summed E-state index contributed by atoms with van der Waals surface area (Å²) < 4.78 is 18.2. The standard InChI is InChI=1S/C13H18FNO/c1-16-13-6-5-11(7-12(13)14)9-15-8-10-3-2-4-10/h5-7,10,15H,2-4,8-9H2,1H3. The number of hydrogen-bond donors (Lipinski definition) is 1. The fraction of sp³-hybridized carbons (Fsp3) is 0.538. The Morgan fingerprint density at radius 1 is 1.44 bits per heavy atom. The van der Waals surface area contributed by atoms with Crippen LogP contribution in [0.2, 0.25) is 0 Å². The molecule has 16 heavy (non-hydrogen) atoms. The van der Waals surface area contributed by atoms with Gasteiger partial charge in [0.15, 0.2) is 11.6 Å². The van der Waals surface area contributed by atoms with Gasteiger partial charge in [-0.2, -0.15) is 0 Å². The number of benzene rings is 1. The molecule has 1 fully saturated rings. The monoisotopic (exact) mass is 223 g/mol. The topological polar surface area (TPSA) is 21.3 Å². The highest BCUT2D eigenvalue weighted by molar-refractivity contribution is 5.29. The van der Waals surface area contributed by atoms with E-state index in [4.69, 9.17) is 4.74 Å². The van der Waals surface area contributed by atoms with E-state index < -0.39 is 0 Å². The fourth-order valence-electron chi connectivity index (χ4n) is 1.94. The molecule has 1 aliphatic carbocycles. The summed E-state index contributed by atoms with van der Waals surface area (Å²) in [6.45, 7) is 1.78. The van der Waals surface area contributed by atoms with Crippen molar-refractivity contribution >= 4 is 0 Å². The third-order valence-electron chi connectivity index (χ3n) is 3.20. The minimum atomic E-state index is -0.287. The molecule has 0 heterocycles. The Bertz CT molecular complexity index is 350. The highest BCUT2D eigenvalue weighted by Gasteiger charge is 2.16. The van der Waals surface area contributed by atoms with Crippen LogP contribution in [-0.2, 0) is 6.54 Å². The molecule has 0 aromatic heterocycles. The van der Waals surface area contributed by atoms with Gasteiger partial charge in [0.25, 0.3) is 0 Å². The second-order valence-electron chi connectivity index (χ2n) is 4.40. The molecule has 1 aromatic rings. The SMILES string of the molecule is COc1ccc(CNCC2CCC2)cc1F. The molecule has 1 N–H and O–H groups in total. The van der Waals surface area contributed by atoms with Crippen LogP contribution < -0.4 is 10.1 Å². The van der Waals surface area contributed by atoms with E-state index in [-0.39, 0.29) is 5.82 Å². The number of nitrogens with one attached hydrogen (secondary N) is 1. The molecule has 0 aliphatic heterocycles. The van der Waals surface area contributed by atoms with E-state index in [0.717, 1.165) is 24.6 Å². The quantitative estimate of drug-likeness (QED) is 0.828. The minimum Gasteiger partial charge on any atom is -0.494 e. The van der Waals surface area contributed by atoms with Crippen LogP contribution in [0.3, 0.4) is 0 Å². The first-order valence-corrected chi connectivity index (χ1v) is 5.82. The predicted octanol–water partition coefficient (Wildman–Crippen LogP) is 2.72. The lowest BCUT2D eigenvalue weighted by Gasteiger charge is -2.25. The third kappa shape index (κ3) is 2.73. The minimum absolute atomic E-state index is 0.287. The lowest BCUT2D eigenvalue weighted by Crippen LogP contribution is -2.26. The van der Waals surface area contributed by atoms with Crippen molar-refractivity contribution in [3.8, 4) is 5.75 Å². The van der Waals surface area contributed by atoms with E-state index in [9.17, 15) is 4.39 Å². The average molecular weight is 223 g/mol. The molecule has 0 unspecified atom stereocenters. The molecule has 0 radical (unpaired) electrons. The van der Waals surface area contributed by atoms with E-state index >= 15 is 0 Å². The largest absolute Gasteiger partial charge is 0.494 e. The zero-order valence-corrected chi connectivity index (χ0v) is 9.63. The smallest absolute Gasteiger partial charge is 0.165 e. The maximum Gasteiger partial charge on any atom is 0.165 e. The number of methoxy groups -OCH3 is 1. The molecule has 88 valence electrons. The maximum absolute atomic E-state index is 13.4. The predicted molar refractivity (Wildman–Crippen MR) is 62.0 cm³/mol. The van der Waals surface area contributed by atoms with Crippen molar-refractivity contribution in [3.63, 3.8) is 0 Å². The Kier molecular flexibility index (Phi) is 3.78. The van der Waals surface area contributed by atoms with Gasteiger partial charge in [-0.25, -0.2) is 4.39 Å². The van der Waals surface area contributed by atoms with Crippen LogP contribution in [0.4, 0.5) is 4.39 Å². The molecule has 1 saturated carbocycles. The van der Waals surface area contributed by atoms with Gasteiger partial charge in [0.1, 0.15) is 0 Å². The molecule has 2 nitrogen and oxygen atoms in total. The van der Waals surface area contributed by atoms with Crippen LogP contribution in [0, 0.1) is 11.7 Å². The second kappa shape index (κ2) is 5.30. The van der Waals surface area contributed by atoms with Crippen molar-refractivity contribution in [1.29, 1.82) is 0 Å². The molecule has 0 bridgehead atoms. The first-order chi connectivity index (χ1) is 7.79. The van der Waals surface area contributed by atoms with Crippen molar-refractivity contribution in [1.82, 2.24) is 5.32 Å². The summed E-state index contributed by atoms with van der Waals surface area (Å²) in [5.41, 5.74) is 0.970. The summed E-state index contributed by atoms with van der Waals surface area (Å²) in [7, 11) is 1.48. The van der Waals surface area contributed by atoms with E-state index in [0.29, 0.717) is 5.75 Å². The molecule has 0 atom stereocenters. The molecule has 0 saturated heterocycles. The van der Waals surface area contributed by atoms with E-state index in [1.54, 1.807) is 6.07 Å². The Morgan fingerprint density at radius 2 is 2.25 bits per heavy atom. The Balaban J connectivity index is 1.81. The van der Waals surface area contributed by atoms with Crippen molar-refractivity contribution in [3.05, 3.63) is 29.6 Å². The second-order valence-corrected chi connectivity index (χ2v) is 4.40. The van der Waals surface area contributed by atoms with Crippen LogP contribution in [0.1, 0.15) is 24.8 Å². The van der Waals surface area contributed by atoms with E-state index in [2.05, 4.69) is 5.32 Å². The molecule has 0 spiro atoms. The molecule has 1 aromatic carbocycles. The van der Waals surface area contributed by atoms with Crippen LogP contribution in [-0.4, -0.2) is 13.7 Å². The summed E-state index contributed by atoms with van der Waals surface area (Å²) in [4.78, 5) is 0. The summed E-state index contributed by atoms with van der Waals surface area (Å²) >= 11 is 0. The Hall–Kier alpha value is -1.09. The van der Waals surface area contributed by atoms with Crippen molar-refractivity contribution in [2.45, 2.75) is 25.8 Å². The highest BCUT2D eigenvalue weighted by atomic mass is 19.1. The number of halogens is 1. The van der Waals surface area contributed by atoms with Crippen molar-refractivity contribution in [2.24, 2.45) is 5.92 Å². The van der Waals surface area contributed by atoms with Gasteiger partial charge in [0, 0.05) is 6.54 Å².